The molecular formula is C13H15NO3. The number of rotatable bonds is 1. The Morgan fingerprint density at radius 1 is 1.18 bits per heavy atom. The molecule has 0 bridgehead atoms. The van der Waals surface area contributed by atoms with E-state index >= 15 is 0 Å². The van der Waals surface area contributed by atoms with Crippen molar-refractivity contribution in [3.63, 3.8) is 0 Å². The van der Waals surface area contributed by atoms with E-state index < -0.39 is 6.29 Å². The Bertz CT molecular complexity index is 641. The molecule has 0 aliphatic rings. The van der Waals surface area contributed by atoms with Crippen LogP contribution in [0.15, 0.2) is 16.9 Å². The van der Waals surface area contributed by atoms with Crippen molar-refractivity contribution in [3.8, 4) is 0 Å². The Morgan fingerprint density at radius 3 is 2.41 bits per heavy atom. The first-order valence-electron chi connectivity index (χ1n) is 5.41. The summed E-state index contributed by atoms with van der Waals surface area (Å²) in [6.45, 7) is 5.39. The lowest BCUT2D eigenvalue weighted by Crippen LogP contribution is -2.15. The number of benzene rings is 1. The van der Waals surface area contributed by atoms with Crippen LogP contribution >= 0.6 is 0 Å². The first kappa shape index (κ1) is 11.8. The van der Waals surface area contributed by atoms with Crippen molar-refractivity contribution >= 4 is 10.9 Å². The Balaban J connectivity index is 2.96. The van der Waals surface area contributed by atoms with E-state index in [1.54, 1.807) is 6.92 Å². The van der Waals surface area contributed by atoms with Gasteiger partial charge in [0.1, 0.15) is 0 Å². The van der Waals surface area contributed by atoms with Gasteiger partial charge in [0.05, 0.1) is 11.2 Å². The summed E-state index contributed by atoms with van der Waals surface area (Å²) in [4.78, 5) is 15.1. The van der Waals surface area contributed by atoms with Gasteiger partial charge in [-0.3, -0.25) is 4.79 Å². The number of aliphatic hydroxyl groups is 2. The quantitative estimate of drug-likeness (QED) is 0.652. The minimum Gasteiger partial charge on any atom is -0.363 e. The maximum atomic E-state index is 12.1. The highest BCUT2D eigenvalue weighted by molar-refractivity contribution is 5.83. The molecule has 4 nitrogen and oxygen atoms in total. The molecule has 0 aliphatic carbocycles. The zero-order valence-corrected chi connectivity index (χ0v) is 10.0. The summed E-state index contributed by atoms with van der Waals surface area (Å²) >= 11 is 0. The summed E-state index contributed by atoms with van der Waals surface area (Å²) in [7, 11) is 0. The summed E-state index contributed by atoms with van der Waals surface area (Å²) in [5.74, 6) is 0. The highest BCUT2D eigenvalue weighted by Crippen LogP contribution is 2.19. The predicted molar refractivity (Wildman–Crippen MR) is 66.0 cm³/mol. The van der Waals surface area contributed by atoms with E-state index in [4.69, 9.17) is 0 Å². The molecule has 2 rings (SSSR count). The molecule has 0 saturated heterocycles. The lowest BCUT2D eigenvalue weighted by molar-refractivity contribution is -0.0461. The molecule has 0 atom stereocenters. The van der Waals surface area contributed by atoms with Crippen molar-refractivity contribution in [1.29, 1.82) is 0 Å². The second kappa shape index (κ2) is 3.98. The summed E-state index contributed by atoms with van der Waals surface area (Å²) in [6.07, 6.45) is -1.66. The standard InChI is InChI=1S/C13H15NO3/c1-6-4-7(2)10-9(5-6)14-11(13(16)17)8(3)12(10)15/h4-5,13,16-17H,1-3H3,(H,14,15). The minimum absolute atomic E-state index is 0.153. The third kappa shape index (κ3) is 1.85. The second-order valence-electron chi connectivity index (χ2n) is 4.37. The number of hydrogen-bond donors (Lipinski definition) is 3. The monoisotopic (exact) mass is 233 g/mol. The fourth-order valence-electron chi connectivity index (χ4n) is 2.17. The van der Waals surface area contributed by atoms with Crippen molar-refractivity contribution in [2.75, 3.05) is 0 Å². The number of aromatic amines is 1. The summed E-state index contributed by atoms with van der Waals surface area (Å²) < 4.78 is 0. The van der Waals surface area contributed by atoms with Gasteiger partial charge in [0, 0.05) is 10.9 Å². The number of aryl methyl sites for hydroxylation is 2. The molecule has 0 unspecified atom stereocenters. The van der Waals surface area contributed by atoms with Gasteiger partial charge in [-0.15, -0.1) is 0 Å². The average Bonchev–Trinajstić information content (AvgIpc) is 2.21. The van der Waals surface area contributed by atoms with Crippen LogP contribution < -0.4 is 5.43 Å². The van der Waals surface area contributed by atoms with Crippen LogP contribution in [0.25, 0.3) is 10.9 Å². The Labute approximate surface area is 98.5 Å². The molecule has 0 saturated carbocycles. The van der Waals surface area contributed by atoms with Gasteiger partial charge in [0.15, 0.2) is 11.7 Å². The molecule has 3 N–H and O–H groups in total. The third-order valence-electron chi connectivity index (χ3n) is 2.98. The van der Waals surface area contributed by atoms with E-state index in [1.807, 2.05) is 26.0 Å². The van der Waals surface area contributed by atoms with Crippen molar-refractivity contribution in [2.24, 2.45) is 0 Å². The highest BCUT2D eigenvalue weighted by atomic mass is 16.5. The molecule has 0 spiro atoms. The van der Waals surface area contributed by atoms with E-state index in [2.05, 4.69) is 4.98 Å². The minimum atomic E-state index is -1.66. The molecule has 90 valence electrons. The highest BCUT2D eigenvalue weighted by Gasteiger charge is 2.14. The molecule has 17 heavy (non-hydrogen) atoms. The van der Waals surface area contributed by atoms with Crippen LogP contribution in [0.3, 0.4) is 0 Å². The van der Waals surface area contributed by atoms with Gasteiger partial charge >= 0.3 is 0 Å². The van der Waals surface area contributed by atoms with Crippen LogP contribution in [-0.4, -0.2) is 15.2 Å². The van der Waals surface area contributed by atoms with Crippen molar-refractivity contribution < 1.29 is 10.2 Å². The molecular weight excluding hydrogens is 218 g/mol. The Morgan fingerprint density at radius 2 is 1.82 bits per heavy atom. The lowest BCUT2D eigenvalue weighted by Gasteiger charge is -2.11. The number of pyridine rings is 1. The summed E-state index contributed by atoms with van der Waals surface area (Å²) in [5.41, 5.74) is 2.91. The number of hydrogen-bond acceptors (Lipinski definition) is 3. The first-order chi connectivity index (χ1) is 7.91. The molecule has 1 heterocycles. The SMILES string of the molecule is Cc1cc(C)c2c(=O)c(C)c(C(O)O)[nH]c2c1. The number of aromatic nitrogens is 1. The summed E-state index contributed by atoms with van der Waals surface area (Å²) in [6, 6.07) is 3.76. The van der Waals surface area contributed by atoms with Gasteiger partial charge in [-0.25, -0.2) is 0 Å². The number of fused-ring (bicyclic) bond motifs is 1. The van der Waals surface area contributed by atoms with E-state index in [0.717, 1.165) is 11.1 Å². The van der Waals surface area contributed by atoms with Crippen LogP contribution in [0, 0.1) is 20.8 Å². The van der Waals surface area contributed by atoms with Gasteiger partial charge in [0.2, 0.25) is 0 Å². The van der Waals surface area contributed by atoms with Gasteiger partial charge < -0.3 is 15.2 Å². The van der Waals surface area contributed by atoms with Crippen LogP contribution in [0.4, 0.5) is 0 Å². The number of H-pyrrole nitrogens is 1. The zero-order valence-electron chi connectivity index (χ0n) is 10.0. The van der Waals surface area contributed by atoms with Crippen LogP contribution in [0.2, 0.25) is 0 Å². The van der Waals surface area contributed by atoms with Crippen molar-refractivity contribution in [3.05, 3.63) is 44.7 Å². The smallest absolute Gasteiger partial charge is 0.194 e. The molecule has 0 aliphatic heterocycles. The van der Waals surface area contributed by atoms with E-state index in [1.165, 1.54) is 0 Å². The molecule has 1 aromatic heterocycles. The summed E-state index contributed by atoms with van der Waals surface area (Å²) in [5, 5.41) is 19.0. The van der Waals surface area contributed by atoms with E-state index in [-0.39, 0.29) is 11.1 Å². The van der Waals surface area contributed by atoms with Crippen LogP contribution in [0.5, 0.6) is 0 Å². The van der Waals surface area contributed by atoms with E-state index in [9.17, 15) is 15.0 Å². The Hall–Kier alpha value is -1.65. The lowest BCUT2D eigenvalue weighted by atomic mass is 10.0. The van der Waals surface area contributed by atoms with Crippen LogP contribution in [-0.2, 0) is 0 Å². The fraction of sp³-hybridized carbons (Fsp3) is 0.308. The van der Waals surface area contributed by atoms with Gasteiger partial charge in [-0.2, -0.15) is 0 Å². The van der Waals surface area contributed by atoms with Gasteiger partial charge in [-0.05, 0) is 38.0 Å². The third-order valence-corrected chi connectivity index (χ3v) is 2.98. The normalized spacial score (nSPS) is 11.4. The predicted octanol–water partition coefficient (Wildman–Crippen LogP) is 1.44. The van der Waals surface area contributed by atoms with Crippen molar-refractivity contribution in [1.82, 2.24) is 4.98 Å². The molecule has 4 heteroatoms. The zero-order chi connectivity index (χ0) is 12.7. The number of aliphatic hydroxyl groups excluding tert-OH is 1. The largest absolute Gasteiger partial charge is 0.363 e. The average molecular weight is 233 g/mol. The van der Waals surface area contributed by atoms with Gasteiger partial charge in [-0.1, -0.05) is 6.07 Å². The second-order valence-corrected chi connectivity index (χ2v) is 4.37. The van der Waals surface area contributed by atoms with Crippen molar-refractivity contribution in [2.45, 2.75) is 27.1 Å². The molecule has 0 radical (unpaired) electrons. The topological polar surface area (TPSA) is 73.3 Å². The van der Waals surface area contributed by atoms with Crippen LogP contribution in [0.1, 0.15) is 28.7 Å². The maximum absolute atomic E-state index is 12.1. The maximum Gasteiger partial charge on any atom is 0.194 e. The van der Waals surface area contributed by atoms with Gasteiger partial charge in [0.25, 0.3) is 0 Å². The molecule has 0 amide bonds. The molecule has 1 aromatic carbocycles. The number of nitrogens with one attached hydrogen (secondary N) is 1. The Kier molecular flexibility index (Phi) is 2.77. The fourth-order valence-corrected chi connectivity index (χ4v) is 2.17. The molecule has 2 aromatic rings. The van der Waals surface area contributed by atoms with E-state index in [0.29, 0.717) is 16.5 Å². The first-order valence-corrected chi connectivity index (χ1v) is 5.41. The molecule has 0 fully saturated rings.